The minimum absolute atomic E-state index is 0.00183. The van der Waals surface area contributed by atoms with Crippen LogP contribution < -0.4 is 15.4 Å². The number of hydrogen-bond acceptors (Lipinski definition) is 5. The molecule has 4 rings (SSSR count). The van der Waals surface area contributed by atoms with E-state index in [1.165, 1.54) is 22.3 Å². The van der Waals surface area contributed by atoms with Gasteiger partial charge in [0, 0.05) is 46.1 Å². The summed E-state index contributed by atoms with van der Waals surface area (Å²) < 4.78 is 4.92. The molecule has 1 aliphatic heterocycles. The lowest BCUT2D eigenvalue weighted by molar-refractivity contribution is -0.139. The fourth-order valence-electron chi connectivity index (χ4n) is 4.62. The summed E-state index contributed by atoms with van der Waals surface area (Å²) in [4.78, 5) is 35.8. The molecule has 2 amide bonds. The number of carbonyl (C=O) groups excluding carboxylic acids is 2. The van der Waals surface area contributed by atoms with Crippen molar-refractivity contribution in [3.63, 3.8) is 0 Å². The zero-order valence-electron chi connectivity index (χ0n) is 24.0. The quantitative estimate of drug-likeness (QED) is 0.330. The second-order valence-corrected chi connectivity index (χ2v) is 10.1. The van der Waals surface area contributed by atoms with Gasteiger partial charge in [0.15, 0.2) is 6.61 Å². The maximum Gasteiger partial charge on any atom is 0.341 e. The Morgan fingerprint density at radius 2 is 1.41 bits per heavy atom. The molecule has 0 spiro atoms. The SMILES string of the molecule is CC(=O)NCCc1ccccc1Cc1ccccc1CCC(=O)N1CCNCC1.Cc1ccc(OCC(=O)O)cc1. The Balaban J connectivity index is 0.000000322. The third-order valence-corrected chi connectivity index (χ3v) is 6.85. The van der Waals surface area contributed by atoms with Gasteiger partial charge in [-0.15, -0.1) is 0 Å². The van der Waals surface area contributed by atoms with Crippen LogP contribution in [0.25, 0.3) is 0 Å². The lowest BCUT2D eigenvalue weighted by Crippen LogP contribution is -2.46. The van der Waals surface area contributed by atoms with Gasteiger partial charge in [-0.1, -0.05) is 66.2 Å². The molecule has 0 bridgehead atoms. The molecular weight excluding hydrogens is 518 g/mol. The molecule has 8 nitrogen and oxygen atoms in total. The number of carbonyl (C=O) groups is 3. The molecule has 3 aromatic rings. The third kappa shape index (κ3) is 11.5. The summed E-state index contributed by atoms with van der Waals surface area (Å²) in [6.07, 6.45) is 2.99. The van der Waals surface area contributed by atoms with Crippen molar-refractivity contribution < 1.29 is 24.2 Å². The first-order chi connectivity index (χ1) is 19.8. The Morgan fingerprint density at radius 1 is 0.854 bits per heavy atom. The Bertz CT molecular complexity index is 1270. The van der Waals surface area contributed by atoms with Crippen LogP contribution in [0, 0.1) is 6.92 Å². The second kappa shape index (κ2) is 16.8. The van der Waals surface area contributed by atoms with Crippen molar-refractivity contribution in [2.45, 2.75) is 39.5 Å². The summed E-state index contributed by atoms with van der Waals surface area (Å²) in [6, 6.07) is 24.1. The smallest absolute Gasteiger partial charge is 0.341 e. The third-order valence-electron chi connectivity index (χ3n) is 6.85. The van der Waals surface area contributed by atoms with Crippen molar-refractivity contribution in [3.8, 4) is 5.75 Å². The van der Waals surface area contributed by atoms with E-state index < -0.39 is 5.97 Å². The minimum Gasteiger partial charge on any atom is -0.482 e. The summed E-state index contributed by atoms with van der Waals surface area (Å²) >= 11 is 0. The van der Waals surface area contributed by atoms with Crippen LogP contribution in [0.1, 0.15) is 41.2 Å². The summed E-state index contributed by atoms with van der Waals surface area (Å²) in [5.74, 6) is -0.127. The molecule has 218 valence electrons. The van der Waals surface area contributed by atoms with Crippen LogP contribution in [0.2, 0.25) is 0 Å². The highest BCUT2D eigenvalue weighted by Crippen LogP contribution is 2.20. The van der Waals surface area contributed by atoms with Gasteiger partial charge in [0.25, 0.3) is 0 Å². The molecular formula is C33H41N3O5. The van der Waals surface area contributed by atoms with Crippen LogP contribution in [-0.2, 0) is 33.6 Å². The van der Waals surface area contributed by atoms with E-state index in [1.807, 2.05) is 30.0 Å². The highest BCUT2D eigenvalue weighted by atomic mass is 16.5. The molecule has 0 aliphatic carbocycles. The average Bonchev–Trinajstić information content (AvgIpc) is 2.98. The molecule has 1 saturated heterocycles. The lowest BCUT2D eigenvalue weighted by Gasteiger charge is -2.27. The largest absolute Gasteiger partial charge is 0.482 e. The van der Waals surface area contributed by atoms with E-state index in [-0.39, 0.29) is 18.4 Å². The number of nitrogens with one attached hydrogen (secondary N) is 2. The van der Waals surface area contributed by atoms with Crippen molar-refractivity contribution in [2.75, 3.05) is 39.3 Å². The van der Waals surface area contributed by atoms with Gasteiger partial charge >= 0.3 is 5.97 Å². The molecule has 1 heterocycles. The van der Waals surface area contributed by atoms with E-state index >= 15 is 0 Å². The number of aryl methyl sites for hydroxylation is 2. The van der Waals surface area contributed by atoms with Crippen molar-refractivity contribution in [2.24, 2.45) is 0 Å². The standard InChI is InChI=1S/C24H31N3O2.C9H10O3/c1-19(28)26-13-12-21-7-3-5-9-23(21)18-22-8-4-2-6-20(22)10-11-24(29)27-16-14-25-15-17-27;1-7-2-4-8(5-3-7)12-6-9(10)11/h2-9,25H,10-18H2,1H3,(H,26,28);2-5H,6H2,1H3,(H,10,11). The normalized spacial score (nSPS) is 12.6. The van der Waals surface area contributed by atoms with Gasteiger partial charge < -0.3 is 25.4 Å². The molecule has 3 N–H and O–H groups in total. The minimum atomic E-state index is -0.962. The fraction of sp³-hybridized carbons (Fsp3) is 0.364. The van der Waals surface area contributed by atoms with Crippen molar-refractivity contribution in [1.82, 2.24) is 15.5 Å². The van der Waals surface area contributed by atoms with E-state index in [2.05, 4.69) is 53.1 Å². The number of hydrogen-bond donors (Lipinski definition) is 3. The van der Waals surface area contributed by atoms with Crippen molar-refractivity contribution in [1.29, 1.82) is 0 Å². The number of aliphatic carboxylic acids is 1. The summed E-state index contributed by atoms with van der Waals surface area (Å²) in [5.41, 5.74) is 6.17. The lowest BCUT2D eigenvalue weighted by atomic mass is 9.93. The van der Waals surface area contributed by atoms with Crippen LogP contribution in [0.15, 0.2) is 72.8 Å². The summed E-state index contributed by atoms with van der Waals surface area (Å²) in [7, 11) is 0. The molecule has 0 saturated carbocycles. The van der Waals surface area contributed by atoms with Crippen LogP contribution >= 0.6 is 0 Å². The fourth-order valence-corrected chi connectivity index (χ4v) is 4.62. The van der Waals surface area contributed by atoms with Gasteiger partial charge in [0.1, 0.15) is 5.75 Å². The first kappa shape index (κ1) is 31.4. The van der Waals surface area contributed by atoms with Gasteiger partial charge in [-0.3, -0.25) is 9.59 Å². The monoisotopic (exact) mass is 559 g/mol. The zero-order valence-corrected chi connectivity index (χ0v) is 24.0. The number of rotatable bonds is 11. The maximum atomic E-state index is 12.5. The Morgan fingerprint density at radius 3 is 1.98 bits per heavy atom. The van der Waals surface area contributed by atoms with E-state index in [4.69, 9.17) is 9.84 Å². The second-order valence-electron chi connectivity index (χ2n) is 10.1. The van der Waals surface area contributed by atoms with E-state index in [9.17, 15) is 14.4 Å². The molecule has 1 fully saturated rings. The van der Waals surface area contributed by atoms with Crippen LogP contribution in [-0.4, -0.2) is 67.1 Å². The molecule has 1 aliphatic rings. The molecule has 3 aromatic carbocycles. The first-order valence-corrected chi connectivity index (χ1v) is 14.1. The van der Waals surface area contributed by atoms with Crippen LogP contribution in [0.3, 0.4) is 0 Å². The highest BCUT2D eigenvalue weighted by Gasteiger charge is 2.16. The number of ether oxygens (including phenoxy) is 1. The molecule has 0 atom stereocenters. The molecule has 0 radical (unpaired) electrons. The number of carboxylic acids is 1. The van der Waals surface area contributed by atoms with Gasteiger partial charge in [-0.05, 0) is 60.6 Å². The predicted molar refractivity (Wildman–Crippen MR) is 160 cm³/mol. The molecule has 0 aromatic heterocycles. The topological polar surface area (TPSA) is 108 Å². The number of benzene rings is 3. The zero-order chi connectivity index (χ0) is 29.5. The Kier molecular flexibility index (Phi) is 12.9. The van der Waals surface area contributed by atoms with Crippen LogP contribution in [0.4, 0.5) is 0 Å². The maximum absolute atomic E-state index is 12.5. The molecule has 41 heavy (non-hydrogen) atoms. The average molecular weight is 560 g/mol. The van der Waals surface area contributed by atoms with E-state index in [0.29, 0.717) is 18.7 Å². The van der Waals surface area contributed by atoms with Crippen molar-refractivity contribution in [3.05, 3.63) is 101 Å². The number of piperazine rings is 1. The molecule has 8 heteroatoms. The summed E-state index contributed by atoms with van der Waals surface area (Å²) in [6.45, 7) is 7.25. The van der Waals surface area contributed by atoms with E-state index in [1.54, 1.807) is 19.1 Å². The summed E-state index contributed by atoms with van der Waals surface area (Å²) in [5, 5.41) is 14.5. The molecule has 0 unspecified atom stereocenters. The Labute approximate surface area is 242 Å². The predicted octanol–water partition coefficient (Wildman–Crippen LogP) is 3.78. The van der Waals surface area contributed by atoms with Gasteiger partial charge in [-0.2, -0.15) is 0 Å². The van der Waals surface area contributed by atoms with E-state index in [0.717, 1.165) is 51.0 Å². The Hall–Kier alpha value is -4.17. The number of amides is 2. The number of carboxylic acid groups (broad SMARTS) is 1. The highest BCUT2D eigenvalue weighted by molar-refractivity contribution is 5.76. The number of nitrogens with zero attached hydrogens (tertiary/aromatic N) is 1. The first-order valence-electron chi connectivity index (χ1n) is 14.1. The van der Waals surface area contributed by atoms with Gasteiger partial charge in [0.2, 0.25) is 11.8 Å². The van der Waals surface area contributed by atoms with Gasteiger partial charge in [-0.25, -0.2) is 4.79 Å². The van der Waals surface area contributed by atoms with Crippen molar-refractivity contribution >= 4 is 17.8 Å². The van der Waals surface area contributed by atoms with Crippen LogP contribution in [0.5, 0.6) is 5.75 Å². The van der Waals surface area contributed by atoms with Gasteiger partial charge in [0.05, 0.1) is 0 Å².